The maximum Gasteiger partial charge on any atom is 0.312 e. The van der Waals surface area contributed by atoms with Gasteiger partial charge in [-0.1, -0.05) is 6.42 Å². The van der Waals surface area contributed by atoms with Gasteiger partial charge in [0.2, 0.25) is 10.0 Å². The van der Waals surface area contributed by atoms with Gasteiger partial charge in [0, 0.05) is 18.2 Å². The zero-order valence-electron chi connectivity index (χ0n) is 10.5. The van der Waals surface area contributed by atoms with Crippen LogP contribution in [0.2, 0.25) is 0 Å². The topological polar surface area (TPSA) is 136 Å². The maximum atomic E-state index is 12.1. The van der Waals surface area contributed by atoms with E-state index < -0.39 is 26.4 Å². The Morgan fingerprint density at radius 2 is 2.10 bits per heavy atom. The SMILES string of the molecule is NC1CCCC1NS(=O)(=O)c1ccc(O)c([N+](=O)[O-])c1. The van der Waals surface area contributed by atoms with Crippen molar-refractivity contribution in [1.29, 1.82) is 0 Å². The van der Waals surface area contributed by atoms with E-state index in [0.717, 1.165) is 31.0 Å². The van der Waals surface area contributed by atoms with Crippen LogP contribution in [-0.2, 0) is 10.0 Å². The van der Waals surface area contributed by atoms with Crippen molar-refractivity contribution in [3.8, 4) is 5.75 Å². The lowest BCUT2D eigenvalue weighted by atomic mass is 10.2. The molecule has 1 fully saturated rings. The van der Waals surface area contributed by atoms with E-state index in [1.165, 1.54) is 0 Å². The Labute approximate surface area is 115 Å². The molecule has 0 amide bonds. The molecular weight excluding hydrogens is 286 g/mol. The first-order valence-corrected chi connectivity index (χ1v) is 7.55. The van der Waals surface area contributed by atoms with Gasteiger partial charge in [-0.25, -0.2) is 13.1 Å². The van der Waals surface area contributed by atoms with E-state index in [2.05, 4.69) is 4.72 Å². The molecule has 0 saturated heterocycles. The monoisotopic (exact) mass is 301 g/mol. The molecule has 9 heteroatoms. The molecule has 2 rings (SSSR count). The molecule has 0 aromatic heterocycles. The van der Waals surface area contributed by atoms with Crippen LogP contribution in [0, 0.1) is 10.1 Å². The number of rotatable bonds is 4. The number of nitrogens with two attached hydrogens (primary N) is 1. The molecule has 2 unspecified atom stereocenters. The Morgan fingerprint density at radius 1 is 1.40 bits per heavy atom. The number of nitrogens with one attached hydrogen (secondary N) is 1. The summed E-state index contributed by atoms with van der Waals surface area (Å²) in [5.41, 5.74) is 5.14. The van der Waals surface area contributed by atoms with Gasteiger partial charge in [-0.15, -0.1) is 0 Å². The fourth-order valence-electron chi connectivity index (χ4n) is 2.22. The van der Waals surface area contributed by atoms with Crippen molar-refractivity contribution >= 4 is 15.7 Å². The Morgan fingerprint density at radius 3 is 2.65 bits per heavy atom. The summed E-state index contributed by atoms with van der Waals surface area (Å²) >= 11 is 0. The van der Waals surface area contributed by atoms with Crippen LogP contribution in [0.5, 0.6) is 5.75 Å². The Hall–Kier alpha value is -1.71. The van der Waals surface area contributed by atoms with Crippen molar-refractivity contribution < 1.29 is 18.4 Å². The molecule has 4 N–H and O–H groups in total. The molecule has 0 radical (unpaired) electrons. The molecule has 0 aliphatic heterocycles. The number of aromatic hydroxyl groups is 1. The van der Waals surface area contributed by atoms with Crippen molar-refractivity contribution in [1.82, 2.24) is 4.72 Å². The summed E-state index contributed by atoms with van der Waals surface area (Å²) in [6, 6.07) is 2.31. The zero-order valence-corrected chi connectivity index (χ0v) is 11.3. The van der Waals surface area contributed by atoms with Gasteiger partial charge in [-0.3, -0.25) is 10.1 Å². The van der Waals surface area contributed by atoms with E-state index in [1.807, 2.05) is 0 Å². The van der Waals surface area contributed by atoms with Crippen LogP contribution < -0.4 is 10.5 Å². The van der Waals surface area contributed by atoms with Gasteiger partial charge >= 0.3 is 5.69 Å². The lowest BCUT2D eigenvalue weighted by molar-refractivity contribution is -0.386. The van der Waals surface area contributed by atoms with Crippen LogP contribution in [-0.4, -0.2) is 30.5 Å². The van der Waals surface area contributed by atoms with Crippen molar-refractivity contribution in [3.05, 3.63) is 28.3 Å². The highest BCUT2D eigenvalue weighted by atomic mass is 32.2. The molecule has 110 valence electrons. The van der Waals surface area contributed by atoms with E-state index in [9.17, 15) is 23.6 Å². The first kappa shape index (κ1) is 14.7. The normalized spacial score (nSPS) is 22.9. The molecule has 1 aliphatic carbocycles. The summed E-state index contributed by atoms with van der Waals surface area (Å²) in [7, 11) is -3.89. The van der Waals surface area contributed by atoms with Crippen molar-refractivity contribution in [3.63, 3.8) is 0 Å². The van der Waals surface area contributed by atoms with Crippen LogP contribution in [0.4, 0.5) is 5.69 Å². The number of sulfonamides is 1. The number of phenolic OH excluding ortho intramolecular Hbond substituents is 1. The van der Waals surface area contributed by atoms with E-state index in [1.54, 1.807) is 0 Å². The molecule has 2 atom stereocenters. The fourth-order valence-corrected chi connectivity index (χ4v) is 3.56. The highest BCUT2D eigenvalue weighted by Crippen LogP contribution is 2.28. The standard InChI is InChI=1S/C11H15N3O5S/c12-8-2-1-3-9(8)13-20(18,19)7-4-5-11(15)10(6-7)14(16)17/h4-6,8-9,13,15H,1-3,12H2. The minimum atomic E-state index is -3.89. The molecule has 8 nitrogen and oxygen atoms in total. The third-order valence-electron chi connectivity index (χ3n) is 3.33. The average Bonchev–Trinajstić information content (AvgIpc) is 2.74. The number of nitro groups is 1. The second kappa shape index (κ2) is 5.35. The highest BCUT2D eigenvalue weighted by molar-refractivity contribution is 7.89. The summed E-state index contributed by atoms with van der Waals surface area (Å²) in [6.45, 7) is 0. The molecule has 1 aliphatic rings. The summed E-state index contributed by atoms with van der Waals surface area (Å²) in [6.07, 6.45) is 2.22. The summed E-state index contributed by atoms with van der Waals surface area (Å²) in [4.78, 5) is 9.61. The molecule has 1 saturated carbocycles. The Bertz CT molecular complexity index is 631. The lowest BCUT2D eigenvalue weighted by Gasteiger charge is -2.17. The Balaban J connectivity index is 2.30. The van der Waals surface area contributed by atoms with Gasteiger partial charge in [0.15, 0.2) is 5.75 Å². The Kier molecular flexibility index (Phi) is 3.93. The number of nitrogens with zero attached hydrogens (tertiary/aromatic N) is 1. The third-order valence-corrected chi connectivity index (χ3v) is 4.82. The molecular formula is C11H15N3O5S. The average molecular weight is 301 g/mol. The van der Waals surface area contributed by atoms with Gasteiger partial charge in [0.25, 0.3) is 0 Å². The molecule has 0 bridgehead atoms. The smallest absolute Gasteiger partial charge is 0.312 e. The van der Waals surface area contributed by atoms with Crippen molar-refractivity contribution in [2.75, 3.05) is 0 Å². The van der Waals surface area contributed by atoms with Crippen LogP contribution >= 0.6 is 0 Å². The maximum absolute atomic E-state index is 12.1. The first-order chi connectivity index (χ1) is 9.31. The number of nitro benzene ring substituents is 1. The van der Waals surface area contributed by atoms with Gasteiger partial charge in [0.05, 0.1) is 9.82 Å². The second-order valence-electron chi connectivity index (χ2n) is 4.73. The van der Waals surface area contributed by atoms with Crippen molar-refractivity contribution in [2.45, 2.75) is 36.2 Å². The number of phenols is 1. The van der Waals surface area contributed by atoms with Crippen LogP contribution in [0.15, 0.2) is 23.1 Å². The number of hydrogen-bond donors (Lipinski definition) is 3. The minimum absolute atomic E-state index is 0.253. The molecule has 1 aromatic rings. The largest absolute Gasteiger partial charge is 0.502 e. The zero-order chi connectivity index (χ0) is 14.9. The quantitative estimate of drug-likeness (QED) is 0.546. The molecule has 0 spiro atoms. The second-order valence-corrected chi connectivity index (χ2v) is 6.44. The third kappa shape index (κ3) is 2.89. The molecule has 0 heterocycles. The van der Waals surface area contributed by atoms with E-state index in [-0.39, 0.29) is 17.0 Å². The highest BCUT2D eigenvalue weighted by Gasteiger charge is 2.30. The van der Waals surface area contributed by atoms with Crippen molar-refractivity contribution in [2.24, 2.45) is 5.73 Å². The summed E-state index contributed by atoms with van der Waals surface area (Å²) in [5, 5.41) is 20.0. The predicted molar refractivity (Wildman–Crippen MR) is 70.7 cm³/mol. The van der Waals surface area contributed by atoms with E-state index >= 15 is 0 Å². The van der Waals surface area contributed by atoms with Gasteiger partial charge < -0.3 is 10.8 Å². The minimum Gasteiger partial charge on any atom is -0.502 e. The number of benzene rings is 1. The number of hydrogen-bond acceptors (Lipinski definition) is 6. The first-order valence-electron chi connectivity index (χ1n) is 6.06. The van der Waals surface area contributed by atoms with Crippen LogP contribution in [0.1, 0.15) is 19.3 Å². The van der Waals surface area contributed by atoms with E-state index in [0.29, 0.717) is 6.42 Å². The summed E-state index contributed by atoms with van der Waals surface area (Å²) < 4.78 is 26.7. The lowest BCUT2D eigenvalue weighted by Crippen LogP contribution is -2.43. The van der Waals surface area contributed by atoms with Gasteiger partial charge in [-0.05, 0) is 25.0 Å². The molecule has 1 aromatic carbocycles. The summed E-state index contributed by atoms with van der Waals surface area (Å²) in [5.74, 6) is -0.577. The van der Waals surface area contributed by atoms with E-state index in [4.69, 9.17) is 5.73 Å². The predicted octanol–water partition coefficient (Wildman–Crippen LogP) is 0.458. The van der Waals surface area contributed by atoms with Gasteiger partial charge in [-0.2, -0.15) is 0 Å². The van der Waals surface area contributed by atoms with Crippen LogP contribution in [0.25, 0.3) is 0 Å². The van der Waals surface area contributed by atoms with Gasteiger partial charge in [0.1, 0.15) is 0 Å². The fraction of sp³-hybridized carbons (Fsp3) is 0.455. The van der Waals surface area contributed by atoms with Crippen LogP contribution in [0.3, 0.4) is 0 Å². The molecule has 20 heavy (non-hydrogen) atoms.